The summed E-state index contributed by atoms with van der Waals surface area (Å²) in [6.45, 7) is 5.17. The van der Waals surface area contributed by atoms with Gasteiger partial charge >= 0.3 is 0 Å². The van der Waals surface area contributed by atoms with E-state index in [9.17, 15) is 5.11 Å². The Morgan fingerprint density at radius 1 is 1.40 bits per heavy atom. The van der Waals surface area contributed by atoms with Gasteiger partial charge in [-0.15, -0.1) is 0 Å². The molecule has 0 atom stereocenters. The highest BCUT2D eigenvalue weighted by molar-refractivity contribution is 5.85. The number of likely N-dealkylation sites (N-methyl/N-ethyl adjacent to an activating group) is 1. The molecule has 2 heterocycles. The van der Waals surface area contributed by atoms with Crippen LogP contribution in [0.5, 0.6) is 5.75 Å². The lowest BCUT2D eigenvalue weighted by atomic mass is 9.96. The summed E-state index contributed by atoms with van der Waals surface area (Å²) in [6, 6.07) is 5.86. The van der Waals surface area contributed by atoms with Crippen molar-refractivity contribution in [2.24, 2.45) is 0 Å². The minimum Gasteiger partial charge on any atom is -0.497 e. The number of hydrogen-bond acceptors (Lipinski definition) is 4. The van der Waals surface area contributed by atoms with Gasteiger partial charge in [0.1, 0.15) is 5.75 Å². The number of benzene rings is 1. The van der Waals surface area contributed by atoms with Gasteiger partial charge in [0.05, 0.1) is 19.2 Å². The number of aromatic nitrogens is 1. The molecule has 0 fully saturated rings. The molecule has 0 unspecified atom stereocenters. The Balaban J connectivity index is 2.21. The predicted octanol–water partition coefficient (Wildman–Crippen LogP) is 2.11. The van der Waals surface area contributed by atoms with E-state index < -0.39 is 0 Å². The fourth-order valence-corrected chi connectivity index (χ4v) is 2.94. The van der Waals surface area contributed by atoms with Crippen LogP contribution < -0.4 is 4.74 Å². The van der Waals surface area contributed by atoms with Gasteiger partial charge in [-0.3, -0.25) is 9.88 Å². The smallest absolute Gasteiger partial charge is 0.119 e. The Bertz CT molecular complexity index is 640. The Kier molecular flexibility index (Phi) is 3.59. The van der Waals surface area contributed by atoms with Crippen LogP contribution in [0.3, 0.4) is 0 Å². The van der Waals surface area contributed by atoms with Gasteiger partial charge in [-0.2, -0.15) is 0 Å². The van der Waals surface area contributed by atoms with Crippen molar-refractivity contribution in [1.29, 1.82) is 0 Å². The van der Waals surface area contributed by atoms with Gasteiger partial charge in [-0.05, 0) is 35.9 Å². The minimum atomic E-state index is 0.0477. The molecule has 3 rings (SSSR count). The predicted molar refractivity (Wildman–Crippen MR) is 78.9 cm³/mol. The Labute approximate surface area is 119 Å². The maximum absolute atomic E-state index is 9.83. The van der Waals surface area contributed by atoms with Gasteiger partial charge in [-0.1, -0.05) is 6.92 Å². The van der Waals surface area contributed by atoms with E-state index >= 15 is 0 Å². The summed E-state index contributed by atoms with van der Waals surface area (Å²) in [5.41, 5.74) is 4.28. The molecule has 0 spiro atoms. The third-order valence-electron chi connectivity index (χ3n) is 4.15. The third kappa shape index (κ3) is 2.15. The SMILES string of the molecule is CCN1CCc2nc3ccc(OC)cc3c(CO)c2C1. The molecule has 106 valence electrons. The Hall–Kier alpha value is -1.65. The van der Waals surface area contributed by atoms with Gasteiger partial charge in [0.25, 0.3) is 0 Å². The lowest BCUT2D eigenvalue weighted by Crippen LogP contribution is -2.31. The number of methoxy groups -OCH3 is 1. The second-order valence-electron chi connectivity index (χ2n) is 5.18. The van der Waals surface area contributed by atoms with E-state index in [0.717, 1.165) is 54.0 Å². The van der Waals surface area contributed by atoms with Crippen molar-refractivity contribution >= 4 is 10.9 Å². The van der Waals surface area contributed by atoms with Crippen LogP contribution in [0.1, 0.15) is 23.7 Å². The number of pyridine rings is 1. The molecule has 1 aliphatic rings. The normalized spacial score (nSPS) is 15.3. The summed E-state index contributed by atoms with van der Waals surface area (Å²) in [5.74, 6) is 0.803. The van der Waals surface area contributed by atoms with E-state index in [1.54, 1.807) is 7.11 Å². The molecule has 4 nitrogen and oxygen atoms in total. The molecule has 2 aromatic rings. The average Bonchev–Trinajstić information content (AvgIpc) is 2.51. The first kappa shape index (κ1) is 13.3. The number of rotatable bonds is 3. The zero-order valence-electron chi connectivity index (χ0n) is 12.0. The second-order valence-corrected chi connectivity index (χ2v) is 5.18. The molecule has 0 saturated carbocycles. The summed E-state index contributed by atoms with van der Waals surface area (Å²) in [4.78, 5) is 7.16. The molecular formula is C16H20N2O2. The monoisotopic (exact) mass is 272 g/mol. The number of ether oxygens (including phenoxy) is 1. The number of aliphatic hydroxyl groups excluding tert-OH is 1. The summed E-state index contributed by atoms with van der Waals surface area (Å²) < 4.78 is 5.29. The van der Waals surface area contributed by atoms with Crippen molar-refractivity contribution in [1.82, 2.24) is 9.88 Å². The van der Waals surface area contributed by atoms with Gasteiger partial charge in [0.2, 0.25) is 0 Å². The van der Waals surface area contributed by atoms with Crippen molar-refractivity contribution in [2.75, 3.05) is 20.2 Å². The fourth-order valence-electron chi connectivity index (χ4n) is 2.94. The quantitative estimate of drug-likeness (QED) is 0.929. The first-order valence-electron chi connectivity index (χ1n) is 7.08. The van der Waals surface area contributed by atoms with Crippen molar-refractivity contribution in [3.8, 4) is 5.75 Å². The standard InChI is InChI=1S/C16H20N2O2/c1-3-18-7-6-16-13(9-18)14(10-19)12-8-11(20-2)4-5-15(12)17-16/h4-5,8,19H,3,6-7,9-10H2,1-2H3. The maximum atomic E-state index is 9.83. The van der Waals surface area contributed by atoms with E-state index in [4.69, 9.17) is 9.72 Å². The maximum Gasteiger partial charge on any atom is 0.119 e. The zero-order chi connectivity index (χ0) is 14.1. The molecule has 0 amide bonds. The number of fused-ring (bicyclic) bond motifs is 2. The van der Waals surface area contributed by atoms with Crippen LogP contribution in [0.4, 0.5) is 0 Å². The van der Waals surface area contributed by atoms with Crippen LogP contribution in [0.15, 0.2) is 18.2 Å². The summed E-state index contributed by atoms with van der Waals surface area (Å²) in [6.07, 6.45) is 0.956. The molecule has 0 radical (unpaired) electrons. The molecule has 0 aliphatic carbocycles. The first-order chi connectivity index (χ1) is 9.76. The number of aliphatic hydroxyl groups is 1. The van der Waals surface area contributed by atoms with E-state index in [1.807, 2.05) is 18.2 Å². The molecular weight excluding hydrogens is 252 g/mol. The molecule has 1 aromatic heterocycles. The zero-order valence-corrected chi connectivity index (χ0v) is 12.0. The van der Waals surface area contributed by atoms with Crippen LogP contribution in [-0.2, 0) is 19.6 Å². The highest BCUT2D eigenvalue weighted by Crippen LogP contribution is 2.30. The molecule has 0 bridgehead atoms. The number of nitrogens with zero attached hydrogens (tertiary/aromatic N) is 2. The molecule has 4 heteroatoms. The highest BCUT2D eigenvalue weighted by atomic mass is 16.5. The van der Waals surface area contributed by atoms with Crippen LogP contribution in [0.25, 0.3) is 10.9 Å². The third-order valence-corrected chi connectivity index (χ3v) is 4.15. The minimum absolute atomic E-state index is 0.0477. The average molecular weight is 272 g/mol. The van der Waals surface area contributed by atoms with Crippen LogP contribution >= 0.6 is 0 Å². The molecule has 1 N–H and O–H groups in total. The Morgan fingerprint density at radius 2 is 2.25 bits per heavy atom. The van der Waals surface area contributed by atoms with Crippen LogP contribution in [0, 0.1) is 0 Å². The van der Waals surface area contributed by atoms with E-state index in [-0.39, 0.29) is 6.61 Å². The molecule has 20 heavy (non-hydrogen) atoms. The van der Waals surface area contributed by atoms with Gasteiger partial charge in [0.15, 0.2) is 0 Å². The van der Waals surface area contributed by atoms with E-state index in [0.29, 0.717) is 0 Å². The first-order valence-corrected chi connectivity index (χ1v) is 7.08. The van der Waals surface area contributed by atoms with Crippen LogP contribution in [0.2, 0.25) is 0 Å². The van der Waals surface area contributed by atoms with Crippen LogP contribution in [-0.4, -0.2) is 35.2 Å². The lowest BCUT2D eigenvalue weighted by molar-refractivity contribution is 0.252. The Morgan fingerprint density at radius 3 is 2.95 bits per heavy atom. The van der Waals surface area contributed by atoms with E-state index in [1.165, 1.54) is 5.56 Å². The van der Waals surface area contributed by atoms with Gasteiger partial charge in [0, 0.05) is 30.6 Å². The largest absolute Gasteiger partial charge is 0.497 e. The summed E-state index contributed by atoms with van der Waals surface area (Å²) in [5, 5.41) is 10.8. The molecule has 1 aliphatic heterocycles. The number of hydrogen-bond donors (Lipinski definition) is 1. The van der Waals surface area contributed by atoms with Gasteiger partial charge in [-0.25, -0.2) is 0 Å². The second kappa shape index (κ2) is 5.38. The van der Waals surface area contributed by atoms with Crippen molar-refractivity contribution < 1.29 is 9.84 Å². The highest BCUT2D eigenvalue weighted by Gasteiger charge is 2.21. The topological polar surface area (TPSA) is 45.6 Å². The molecule has 0 saturated heterocycles. The van der Waals surface area contributed by atoms with Crippen molar-refractivity contribution in [3.63, 3.8) is 0 Å². The van der Waals surface area contributed by atoms with Gasteiger partial charge < -0.3 is 9.84 Å². The fraction of sp³-hybridized carbons (Fsp3) is 0.438. The summed E-state index contributed by atoms with van der Waals surface area (Å²) in [7, 11) is 1.66. The molecule has 1 aromatic carbocycles. The van der Waals surface area contributed by atoms with Crippen molar-refractivity contribution in [2.45, 2.75) is 26.5 Å². The van der Waals surface area contributed by atoms with E-state index in [2.05, 4.69) is 11.8 Å². The van der Waals surface area contributed by atoms with Crippen molar-refractivity contribution in [3.05, 3.63) is 35.0 Å². The lowest BCUT2D eigenvalue weighted by Gasteiger charge is -2.29. The summed E-state index contributed by atoms with van der Waals surface area (Å²) >= 11 is 0.